The standard InChI is InChI=1S/C23H40F3NO5/c1-2-3-4-5-6-8-11-14-19(32-22(31)23(24,25)26)15-12-9-7-10-13-16-20(28)27-18-17-21(29)30/h19H,2-18H2,1H3,(H,27,28)(H,29,30). The SMILES string of the molecule is CCCCCCCCCC(CCCCCCCC(=O)NCCC(=O)O)OC(=O)C(F)(F)F. The molecule has 6 nitrogen and oxygen atoms in total. The normalized spacial score (nSPS) is 12.4. The summed E-state index contributed by atoms with van der Waals surface area (Å²) < 4.78 is 42.3. The van der Waals surface area contributed by atoms with Crippen LogP contribution in [0.2, 0.25) is 0 Å². The van der Waals surface area contributed by atoms with Crippen molar-refractivity contribution in [3.05, 3.63) is 0 Å². The maximum Gasteiger partial charge on any atom is 0.490 e. The van der Waals surface area contributed by atoms with Crippen LogP contribution in [0, 0.1) is 0 Å². The first-order valence-electron chi connectivity index (χ1n) is 11.9. The predicted molar refractivity (Wildman–Crippen MR) is 116 cm³/mol. The van der Waals surface area contributed by atoms with Crippen LogP contribution in [0.3, 0.4) is 0 Å². The summed E-state index contributed by atoms with van der Waals surface area (Å²) in [6.45, 7) is 2.26. The Kier molecular flexibility index (Phi) is 17.7. The Labute approximate surface area is 189 Å². The van der Waals surface area contributed by atoms with E-state index >= 15 is 0 Å². The third kappa shape index (κ3) is 18.9. The molecule has 1 amide bonds. The van der Waals surface area contributed by atoms with E-state index in [4.69, 9.17) is 9.84 Å². The van der Waals surface area contributed by atoms with Gasteiger partial charge in [-0.25, -0.2) is 4.79 Å². The Hall–Kier alpha value is -1.80. The molecule has 2 N–H and O–H groups in total. The maximum absolute atomic E-state index is 12.5. The number of alkyl halides is 3. The zero-order chi connectivity index (χ0) is 24.2. The summed E-state index contributed by atoms with van der Waals surface area (Å²) in [5.74, 6) is -3.25. The van der Waals surface area contributed by atoms with E-state index < -0.39 is 24.2 Å². The van der Waals surface area contributed by atoms with Gasteiger partial charge < -0.3 is 15.2 Å². The van der Waals surface area contributed by atoms with E-state index in [0.717, 1.165) is 51.4 Å². The summed E-state index contributed by atoms with van der Waals surface area (Å²) in [4.78, 5) is 33.1. The smallest absolute Gasteiger partial charge is 0.481 e. The molecule has 0 aromatic heterocycles. The zero-order valence-corrected chi connectivity index (χ0v) is 19.3. The van der Waals surface area contributed by atoms with Gasteiger partial charge in [0.25, 0.3) is 0 Å². The number of halogens is 3. The van der Waals surface area contributed by atoms with Crippen LogP contribution < -0.4 is 5.32 Å². The first kappa shape index (κ1) is 30.2. The minimum Gasteiger partial charge on any atom is -0.481 e. The van der Waals surface area contributed by atoms with Gasteiger partial charge in [0.1, 0.15) is 6.10 Å². The Balaban J connectivity index is 4.03. The van der Waals surface area contributed by atoms with E-state index in [2.05, 4.69) is 12.2 Å². The molecule has 0 rings (SSSR count). The number of amides is 1. The molecule has 0 aliphatic heterocycles. The summed E-state index contributed by atoms with van der Waals surface area (Å²) in [5, 5.41) is 11.1. The molecule has 0 saturated heterocycles. The van der Waals surface area contributed by atoms with Gasteiger partial charge in [0, 0.05) is 13.0 Å². The second kappa shape index (κ2) is 18.7. The Morgan fingerprint density at radius 3 is 1.81 bits per heavy atom. The number of nitrogens with one attached hydrogen (secondary N) is 1. The quantitative estimate of drug-likeness (QED) is 0.171. The highest BCUT2D eigenvalue weighted by atomic mass is 19.4. The minimum atomic E-state index is -4.97. The van der Waals surface area contributed by atoms with Crippen LogP contribution in [0.4, 0.5) is 13.2 Å². The predicted octanol–water partition coefficient (Wildman–Crippen LogP) is 5.92. The molecule has 0 saturated carbocycles. The number of carboxylic acids is 1. The largest absolute Gasteiger partial charge is 0.490 e. The number of carbonyl (C=O) groups is 3. The summed E-state index contributed by atoms with van der Waals surface area (Å²) in [7, 11) is 0. The summed E-state index contributed by atoms with van der Waals surface area (Å²) in [6.07, 6.45) is 6.54. The molecule has 1 atom stereocenters. The van der Waals surface area contributed by atoms with Crippen LogP contribution in [0.15, 0.2) is 0 Å². The first-order valence-corrected chi connectivity index (χ1v) is 11.9. The average Bonchev–Trinajstić information content (AvgIpc) is 2.71. The Morgan fingerprint density at radius 2 is 1.31 bits per heavy atom. The van der Waals surface area contributed by atoms with Gasteiger partial charge in [-0.3, -0.25) is 9.59 Å². The molecule has 0 aromatic rings. The summed E-state index contributed by atoms with van der Waals surface area (Å²) >= 11 is 0. The number of hydrogen-bond acceptors (Lipinski definition) is 4. The van der Waals surface area contributed by atoms with Gasteiger partial charge in [-0.2, -0.15) is 13.2 Å². The lowest BCUT2D eigenvalue weighted by atomic mass is 10.0. The summed E-state index contributed by atoms with van der Waals surface area (Å²) in [6, 6.07) is 0. The fourth-order valence-corrected chi connectivity index (χ4v) is 3.39. The topological polar surface area (TPSA) is 92.7 Å². The lowest BCUT2D eigenvalue weighted by Gasteiger charge is -2.19. The molecule has 0 aromatic carbocycles. The van der Waals surface area contributed by atoms with E-state index in [0.29, 0.717) is 32.1 Å². The number of unbranched alkanes of at least 4 members (excludes halogenated alkanes) is 10. The molecule has 0 radical (unpaired) electrons. The highest BCUT2D eigenvalue weighted by Crippen LogP contribution is 2.22. The van der Waals surface area contributed by atoms with E-state index in [1.165, 1.54) is 12.8 Å². The van der Waals surface area contributed by atoms with Crippen molar-refractivity contribution < 1.29 is 37.4 Å². The Morgan fingerprint density at radius 1 is 0.812 bits per heavy atom. The van der Waals surface area contributed by atoms with Crippen molar-refractivity contribution in [2.45, 2.75) is 122 Å². The Bertz CT molecular complexity index is 526. The number of rotatable bonds is 20. The average molecular weight is 468 g/mol. The van der Waals surface area contributed by atoms with Gasteiger partial charge in [0.2, 0.25) is 5.91 Å². The second-order valence-corrected chi connectivity index (χ2v) is 8.24. The molecule has 188 valence electrons. The van der Waals surface area contributed by atoms with Gasteiger partial charge in [-0.15, -0.1) is 0 Å². The molecule has 0 heterocycles. The lowest BCUT2D eigenvalue weighted by molar-refractivity contribution is -0.205. The highest BCUT2D eigenvalue weighted by molar-refractivity contribution is 5.76. The van der Waals surface area contributed by atoms with Crippen molar-refractivity contribution in [3.63, 3.8) is 0 Å². The first-order chi connectivity index (χ1) is 15.2. The molecule has 0 spiro atoms. The van der Waals surface area contributed by atoms with Gasteiger partial charge in [0.15, 0.2) is 0 Å². The zero-order valence-electron chi connectivity index (χ0n) is 19.3. The van der Waals surface area contributed by atoms with Crippen LogP contribution in [-0.2, 0) is 19.1 Å². The number of esters is 1. The van der Waals surface area contributed by atoms with Crippen molar-refractivity contribution in [3.8, 4) is 0 Å². The fourth-order valence-electron chi connectivity index (χ4n) is 3.39. The highest BCUT2D eigenvalue weighted by Gasteiger charge is 2.42. The van der Waals surface area contributed by atoms with Gasteiger partial charge in [0.05, 0.1) is 6.42 Å². The molecular formula is C23H40F3NO5. The van der Waals surface area contributed by atoms with Crippen LogP contribution in [0.1, 0.15) is 110 Å². The molecule has 0 bridgehead atoms. The number of ether oxygens (including phenoxy) is 1. The van der Waals surface area contributed by atoms with Crippen molar-refractivity contribution in [1.29, 1.82) is 0 Å². The molecule has 9 heteroatoms. The molecule has 0 fully saturated rings. The number of aliphatic carboxylic acids is 1. The van der Waals surface area contributed by atoms with Crippen LogP contribution in [0.25, 0.3) is 0 Å². The second-order valence-electron chi connectivity index (χ2n) is 8.24. The van der Waals surface area contributed by atoms with Crippen LogP contribution >= 0.6 is 0 Å². The molecule has 0 aliphatic carbocycles. The van der Waals surface area contributed by atoms with Gasteiger partial charge in [-0.05, 0) is 32.1 Å². The summed E-state index contributed by atoms with van der Waals surface area (Å²) in [5.41, 5.74) is 0. The molecular weight excluding hydrogens is 427 g/mol. The number of hydrogen-bond donors (Lipinski definition) is 2. The van der Waals surface area contributed by atoms with Gasteiger partial charge >= 0.3 is 18.1 Å². The van der Waals surface area contributed by atoms with E-state index in [-0.39, 0.29) is 18.9 Å². The fraction of sp³-hybridized carbons (Fsp3) is 0.870. The van der Waals surface area contributed by atoms with Crippen molar-refractivity contribution >= 4 is 17.8 Å². The van der Waals surface area contributed by atoms with Gasteiger partial charge in [-0.1, -0.05) is 64.7 Å². The third-order valence-corrected chi connectivity index (χ3v) is 5.23. The van der Waals surface area contributed by atoms with Crippen molar-refractivity contribution in [1.82, 2.24) is 5.32 Å². The number of carbonyl (C=O) groups excluding carboxylic acids is 2. The minimum absolute atomic E-state index is 0.106. The lowest BCUT2D eigenvalue weighted by Crippen LogP contribution is -2.30. The molecule has 1 unspecified atom stereocenters. The van der Waals surface area contributed by atoms with E-state index in [9.17, 15) is 27.6 Å². The van der Waals surface area contributed by atoms with E-state index in [1.54, 1.807) is 0 Å². The van der Waals surface area contributed by atoms with Crippen LogP contribution in [0.5, 0.6) is 0 Å². The molecule has 0 aliphatic rings. The van der Waals surface area contributed by atoms with Crippen LogP contribution in [-0.4, -0.2) is 41.8 Å². The monoisotopic (exact) mass is 467 g/mol. The van der Waals surface area contributed by atoms with E-state index in [1.807, 2.05) is 0 Å². The maximum atomic E-state index is 12.5. The third-order valence-electron chi connectivity index (χ3n) is 5.23. The number of carboxylic acid groups (broad SMARTS) is 1. The van der Waals surface area contributed by atoms with Crippen molar-refractivity contribution in [2.24, 2.45) is 0 Å². The molecule has 32 heavy (non-hydrogen) atoms. The van der Waals surface area contributed by atoms with Crippen molar-refractivity contribution in [2.75, 3.05) is 6.54 Å².